The lowest BCUT2D eigenvalue weighted by Gasteiger charge is -2.36. The molecule has 1 amide bonds. The van der Waals surface area contributed by atoms with E-state index in [1.807, 2.05) is 79.2 Å². The molecule has 10 heteroatoms. The van der Waals surface area contributed by atoms with Crippen LogP contribution < -0.4 is 15.8 Å². The van der Waals surface area contributed by atoms with E-state index in [9.17, 15) is 9.59 Å². The number of hydrogen-bond donors (Lipinski definition) is 2. The average molecular weight is 586 g/mol. The fourth-order valence-corrected chi connectivity index (χ4v) is 5.40. The van der Waals surface area contributed by atoms with Gasteiger partial charge in [0, 0.05) is 11.8 Å². The number of nitrogens with two attached hydrogens (primary N) is 1. The second kappa shape index (κ2) is 11.9. The SMILES string of the molecule is CC(C)(C)OC(=O)N[C@H](C(=O)OC1CCCC1)C(C)(C)n1cc(-c2ccc(Oc3ccccc3)cc2)c2c(N)ncnc21. The van der Waals surface area contributed by atoms with Crippen LogP contribution in [-0.2, 0) is 19.8 Å². The van der Waals surface area contributed by atoms with Crippen molar-refractivity contribution in [3.63, 3.8) is 0 Å². The van der Waals surface area contributed by atoms with Gasteiger partial charge in [-0.05, 0) is 90.1 Å². The average Bonchev–Trinajstić information content (AvgIpc) is 3.61. The van der Waals surface area contributed by atoms with Crippen LogP contribution in [0.4, 0.5) is 10.6 Å². The van der Waals surface area contributed by atoms with Gasteiger partial charge >= 0.3 is 12.1 Å². The molecule has 0 spiro atoms. The standard InChI is InChI=1S/C33H39N5O5/c1-32(2,3)43-31(40)37-27(30(39)42-23-13-9-10-14-23)33(4,5)38-19-25(26-28(34)35-20-36-29(26)38)21-15-17-24(18-16-21)41-22-11-7-6-8-12-22/h6-8,11-12,15-20,23,27H,9-10,13-14H2,1-5H3,(H,37,40)(H2,34,35,36)/t27-/m1/s1. The molecule has 3 N–H and O–H groups in total. The highest BCUT2D eigenvalue weighted by Crippen LogP contribution is 2.38. The number of carbonyl (C=O) groups excluding carboxylic acids is 2. The smallest absolute Gasteiger partial charge is 0.408 e. The summed E-state index contributed by atoms with van der Waals surface area (Å²) in [5.74, 6) is 1.18. The van der Waals surface area contributed by atoms with Gasteiger partial charge in [0.1, 0.15) is 41.0 Å². The van der Waals surface area contributed by atoms with E-state index in [4.69, 9.17) is 19.9 Å². The summed E-state index contributed by atoms with van der Waals surface area (Å²) in [5.41, 5.74) is 6.74. The summed E-state index contributed by atoms with van der Waals surface area (Å²) in [6.07, 6.45) is 5.98. The minimum atomic E-state index is -1.09. The molecular formula is C33H39N5O5. The third kappa shape index (κ3) is 6.74. The fourth-order valence-electron chi connectivity index (χ4n) is 5.40. The van der Waals surface area contributed by atoms with Crippen LogP contribution in [0, 0.1) is 0 Å². The molecule has 0 unspecified atom stereocenters. The lowest BCUT2D eigenvalue weighted by Crippen LogP contribution is -2.56. The van der Waals surface area contributed by atoms with E-state index in [0.29, 0.717) is 22.6 Å². The number of para-hydroxylation sites is 1. The molecule has 226 valence electrons. The lowest BCUT2D eigenvalue weighted by molar-refractivity contribution is -0.154. The first-order valence-electron chi connectivity index (χ1n) is 14.6. The second-order valence-electron chi connectivity index (χ2n) is 12.4. The Morgan fingerprint density at radius 1 is 0.953 bits per heavy atom. The monoisotopic (exact) mass is 585 g/mol. The molecule has 43 heavy (non-hydrogen) atoms. The predicted octanol–water partition coefficient (Wildman–Crippen LogP) is 6.59. The molecule has 1 atom stereocenters. The number of nitrogen functional groups attached to an aromatic ring is 1. The van der Waals surface area contributed by atoms with Crippen molar-refractivity contribution in [1.82, 2.24) is 19.9 Å². The molecule has 0 bridgehead atoms. The molecule has 1 aliphatic carbocycles. The number of esters is 1. The number of hydrogen-bond acceptors (Lipinski definition) is 8. The number of ether oxygens (including phenoxy) is 3. The molecule has 10 nitrogen and oxygen atoms in total. The van der Waals surface area contributed by atoms with Gasteiger partial charge in [0.05, 0.1) is 10.9 Å². The van der Waals surface area contributed by atoms with Crippen molar-refractivity contribution in [3.8, 4) is 22.6 Å². The van der Waals surface area contributed by atoms with Crippen molar-refractivity contribution in [3.05, 3.63) is 67.1 Å². The number of anilines is 1. The number of alkyl carbamates (subject to hydrolysis) is 1. The molecule has 1 fully saturated rings. The largest absolute Gasteiger partial charge is 0.461 e. The van der Waals surface area contributed by atoms with Gasteiger partial charge < -0.3 is 29.8 Å². The van der Waals surface area contributed by atoms with Crippen LogP contribution in [0.25, 0.3) is 22.2 Å². The van der Waals surface area contributed by atoms with Crippen molar-refractivity contribution in [2.75, 3.05) is 5.73 Å². The van der Waals surface area contributed by atoms with E-state index in [0.717, 1.165) is 42.6 Å². The second-order valence-corrected chi connectivity index (χ2v) is 12.4. The number of fused-ring (bicyclic) bond motifs is 1. The predicted molar refractivity (Wildman–Crippen MR) is 165 cm³/mol. The van der Waals surface area contributed by atoms with Gasteiger partial charge in [0.15, 0.2) is 6.04 Å². The van der Waals surface area contributed by atoms with E-state index in [-0.39, 0.29) is 6.10 Å². The van der Waals surface area contributed by atoms with E-state index in [1.54, 1.807) is 20.8 Å². The maximum atomic E-state index is 13.7. The van der Waals surface area contributed by atoms with Gasteiger partial charge in [-0.25, -0.2) is 19.6 Å². The molecule has 0 radical (unpaired) electrons. The Morgan fingerprint density at radius 2 is 1.60 bits per heavy atom. The fraction of sp³-hybridized carbons (Fsp3) is 0.394. The Hall–Kier alpha value is -4.60. The van der Waals surface area contributed by atoms with Crippen LogP contribution in [0.15, 0.2) is 67.1 Å². The highest BCUT2D eigenvalue weighted by atomic mass is 16.6. The quantitative estimate of drug-likeness (QED) is 0.222. The maximum Gasteiger partial charge on any atom is 0.408 e. The van der Waals surface area contributed by atoms with Crippen molar-refractivity contribution < 1.29 is 23.8 Å². The highest BCUT2D eigenvalue weighted by Gasteiger charge is 2.42. The first kappa shape index (κ1) is 29.9. The summed E-state index contributed by atoms with van der Waals surface area (Å²) in [5, 5.41) is 3.43. The number of rotatable bonds is 8. The third-order valence-electron chi connectivity index (χ3n) is 7.57. The normalized spacial score (nSPS) is 14.8. The van der Waals surface area contributed by atoms with Crippen molar-refractivity contribution in [1.29, 1.82) is 0 Å². The van der Waals surface area contributed by atoms with Crippen molar-refractivity contribution >= 4 is 28.9 Å². The molecule has 0 saturated heterocycles. The Balaban J connectivity index is 1.53. The van der Waals surface area contributed by atoms with Crippen molar-refractivity contribution in [2.24, 2.45) is 0 Å². The van der Waals surface area contributed by atoms with Crippen LogP contribution in [0.2, 0.25) is 0 Å². The zero-order valence-corrected chi connectivity index (χ0v) is 25.3. The maximum absolute atomic E-state index is 13.7. The van der Waals surface area contributed by atoms with Crippen LogP contribution in [0.3, 0.4) is 0 Å². The topological polar surface area (TPSA) is 131 Å². The number of amides is 1. The Bertz CT molecular complexity index is 1590. The van der Waals surface area contributed by atoms with Crippen LogP contribution in [0.5, 0.6) is 11.5 Å². The van der Waals surface area contributed by atoms with Crippen LogP contribution >= 0.6 is 0 Å². The van der Waals surface area contributed by atoms with E-state index in [1.165, 1.54) is 6.33 Å². The van der Waals surface area contributed by atoms with Crippen LogP contribution in [0.1, 0.15) is 60.3 Å². The zero-order valence-electron chi connectivity index (χ0n) is 25.3. The van der Waals surface area contributed by atoms with Gasteiger partial charge in [-0.3, -0.25) is 0 Å². The summed E-state index contributed by atoms with van der Waals surface area (Å²) in [6.45, 7) is 9.01. The van der Waals surface area contributed by atoms with Gasteiger partial charge in [-0.1, -0.05) is 30.3 Å². The Kier molecular flexibility index (Phi) is 8.30. The number of benzene rings is 2. The molecule has 2 aromatic carbocycles. The molecule has 2 heterocycles. The number of aromatic nitrogens is 3. The van der Waals surface area contributed by atoms with Crippen molar-refractivity contribution in [2.45, 2.75) is 83.6 Å². The summed E-state index contributed by atoms with van der Waals surface area (Å²) < 4.78 is 19.3. The molecule has 1 saturated carbocycles. The molecule has 4 aromatic rings. The number of carbonyl (C=O) groups is 2. The Labute approximate surface area is 251 Å². The lowest BCUT2D eigenvalue weighted by atomic mass is 9.94. The van der Waals surface area contributed by atoms with E-state index in [2.05, 4.69) is 15.3 Å². The summed E-state index contributed by atoms with van der Waals surface area (Å²) in [7, 11) is 0. The molecular weight excluding hydrogens is 546 g/mol. The van der Waals surface area contributed by atoms with Gasteiger partial charge in [-0.15, -0.1) is 0 Å². The summed E-state index contributed by atoms with van der Waals surface area (Å²) >= 11 is 0. The summed E-state index contributed by atoms with van der Waals surface area (Å²) in [6, 6.07) is 16.1. The number of nitrogens with zero attached hydrogens (tertiary/aromatic N) is 3. The third-order valence-corrected chi connectivity index (χ3v) is 7.57. The van der Waals surface area contributed by atoms with Gasteiger partial charge in [0.25, 0.3) is 0 Å². The summed E-state index contributed by atoms with van der Waals surface area (Å²) in [4.78, 5) is 35.5. The Morgan fingerprint density at radius 3 is 2.26 bits per heavy atom. The number of nitrogens with one attached hydrogen (secondary N) is 1. The minimum absolute atomic E-state index is 0.183. The van der Waals surface area contributed by atoms with Gasteiger partial charge in [-0.2, -0.15) is 0 Å². The minimum Gasteiger partial charge on any atom is -0.461 e. The van der Waals surface area contributed by atoms with Crippen LogP contribution in [-0.4, -0.2) is 44.3 Å². The molecule has 2 aromatic heterocycles. The first-order chi connectivity index (χ1) is 20.4. The van der Waals surface area contributed by atoms with E-state index < -0.39 is 29.2 Å². The molecule has 5 rings (SSSR count). The first-order valence-corrected chi connectivity index (χ1v) is 14.6. The zero-order chi connectivity index (χ0) is 30.8. The van der Waals surface area contributed by atoms with Gasteiger partial charge in [0.2, 0.25) is 0 Å². The molecule has 1 aliphatic rings. The van der Waals surface area contributed by atoms with E-state index >= 15 is 0 Å². The highest BCUT2D eigenvalue weighted by molar-refractivity contribution is 6.01. The molecule has 0 aliphatic heterocycles.